The first-order chi connectivity index (χ1) is 14.3. The predicted octanol–water partition coefficient (Wildman–Crippen LogP) is 6.46. The SMILES string of the molecule is CCN1C(=CC=CC=CC2C=Cc3ccccc3N2CC)C=Cc2ccccc21. The van der Waals surface area contributed by atoms with Crippen LogP contribution in [-0.2, 0) is 0 Å². The molecule has 2 aromatic rings. The van der Waals surface area contributed by atoms with Crippen molar-refractivity contribution in [2.45, 2.75) is 19.9 Å². The highest BCUT2D eigenvalue weighted by molar-refractivity contribution is 5.76. The maximum Gasteiger partial charge on any atom is 0.0663 e. The highest BCUT2D eigenvalue weighted by atomic mass is 15.2. The molecular formula is C27H28N2. The van der Waals surface area contributed by atoms with E-state index in [9.17, 15) is 0 Å². The summed E-state index contributed by atoms with van der Waals surface area (Å²) in [5, 5.41) is 0. The second kappa shape index (κ2) is 8.83. The Balaban J connectivity index is 1.46. The first-order valence-electron chi connectivity index (χ1n) is 10.5. The molecule has 0 bridgehead atoms. The minimum absolute atomic E-state index is 0.292. The summed E-state index contributed by atoms with van der Waals surface area (Å²) in [6, 6.07) is 17.4. The van der Waals surface area contributed by atoms with Crippen LogP contribution in [0.4, 0.5) is 11.4 Å². The van der Waals surface area contributed by atoms with Crippen molar-refractivity contribution in [1.82, 2.24) is 0 Å². The Morgan fingerprint density at radius 3 is 2.24 bits per heavy atom. The van der Waals surface area contributed by atoms with Crippen molar-refractivity contribution in [3.63, 3.8) is 0 Å². The van der Waals surface area contributed by atoms with Crippen LogP contribution in [0.1, 0.15) is 25.0 Å². The number of benzene rings is 2. The number of para-hydroxylation sites is 2. The summed E-state index contributed by atoms with van der Waals surface area (Å²) >= 11 is 0. The van der Waals surface area contributed by atoms with E-state index >= 15 is 0 Å². The van der Waals surface area contributed by atoms with Crippen LogP contribution < -0.4 is 9.80 Å². The van der Waals surface area contributed by atoms with Crippen molar-refractivity contribution in [2.24, 2.45) is 0 Å². The zero-order chi connectivity index (χ0) is 20.1. The van der Waals surface area contributed by atoms with Crippen molar-refractivity contribution in [3.8, 4) is 0 Å². The minimum atomic E-state index is 0.292. The van der Waals surface area contributed by atoms with E-state index < -0.39 is 0 Å². The molecule has 2 aromatic carbocycles. The van der Waals surface area contributed by atoms with Crippen molar-refractivity contribution < 1.29 is 0 Å². The average molecular weight is 381 g/mol. The molecule has 2 aliphatic heterocycles. The molecule has 29 heavy (non-hydrogen) atoms. The van der Waals surface area contributed by atoms with Gasteiger partial charge in [-0.2, -0.15) is 0 Å². The molecule has 0 aliphatic carbocycles. The van der Waals surface area contributed by atoms with Crippen LogP contribution in [0.25, 0.3) is 12.2 Å². The van der Waals surface area contributed by atoms with E-state index in [0.29, 0.717) is 6.04 Å². The molecule has 146 valence electrons. The lowest BCUT2D eigenvalue weighted by Crippen LogP contribution is -2.34. The summed E-state index contributed by atoms with van der Waals surface area (Å²) in [5.74, 6) is 0. The van der Waals surface area contributed by atoms with Gasteiger partial charge >= 0.3 is 0 Å². The largest absolute Gasteiger partial charge is 0.361 e. The number of hydrogen-bond acceptors (Lipinski definition) is 2. The molecule has 0 N–H and O–H groups in total. The van der Waals surface area contributed by atoms with Crippen molar-refractivity contribution in [2.75, 3.05) is 22.9 Å². The Labute approximate surface area is 174 Å². The van der Waals surface area contributed by atoms with Gasteiger partial charge in [-0.1, -0.05) is 78.9 Å². The molecule has 0 fully saturated rings. The van der Waals surface area contributed by atoms with Crippen LogP contribution in [0.15, 0.2) is 96.8 Å². The smallest absolute Gasteiger partial charge is 0.0663 e. The number of fused-ring (bicyclic) bond motifs is 2. The summed E-state index contributed by atoms with van der Waals surface area (Å²) in [7, 11) is 0. The van der Waals surface area contributed by atoms with E-state index in [4.69, 9.17) is 0 Å². The van der Waals surface area contributed by atoms with Gasteiger partial charge in [-0.05, 0) is 49.3 Å². The fourth-order valence-electron chi connectivity index (χ4n) is 4.08. The normalized spacial score (nSPS) is 19.4. The molecule has 4 rings (SSSR count). The first kappa shape index (κ1) is 19.1. The summed E-state index contributed by atoms with van der Waals surface area (Å²) in [6.07, 6.45) is 19.7. The molecule has 1 atom stereocenters. The molecule has 0 spiro atoms. The Morgan fingerprint density at radius 1 is 0.759 bits per heavy atom. The summed E-state index contributed by atoms with van der Waals surface area (Å²) in [6.45, 7) is 6.35. The standard InChI is InChI=1S/C27H28N2/c1-3-28-24(20-18-22-12-8-10-16-26(22)28)14-6-5-7-15-25-21-19-23-13-9-11-17-27(23)29(25)4-2/h5-21,24H,3-4H2,1-2H3. The molecule has 0 saturated heterocycles. The number of nitrogens with zero attached hydrogens (tertiary/aromatic N) is 2. The number of likely N-dealkylation sites (N-methyl/N-ethyl adjacent to an activating group) is 2. The maximum absolute atomic E-state index is 2.43. The van der Waals surface area contributed by atoms with Crippen LogP contribution in [0, 0.1) is 0 Å². The molecule has 2 heteroatoms. The zero-order valence-electron chi connectivity index (χ0n) is 17.2. The van der Waals surface area contributed by atoms with E-state index in [0.717, 1.165) is 13.1 Å². The summed E-state index contributed by atoms with van der Waals surface area (Å²) < 4.78 is 0. The maximum atomic E-state index is 2.43. The molecule has 0 amide bonds. The second-order valence-electron chi connectivity index (χ2n) is 7.19. The van der Waals surface area contributed by atoms with Gasteiger partial charge in [0, 0.05) is 30.2 Å². The van der Waals surface area contributed by atoms with E-state index in [1.54, 1.807) is 0 Å². The van der Waals surface area contributed by atoms with Crippen LogP contribution in [0.3, 0.4) is 0 Å². The van der Waals surface area contributed by atoms with Gasteiger partial charge < -0.3 is 9.80 Å². The van der Waals surface area contributed by atoms with Crippen LogP contribution in [-0.4, -0.2) is 19.1 Å². The highest BCUT2D eigenvalue weighted by Gasteiger charge is 2.18. The number of rotatable bonds is 5. The third-order valence-corrected chi connectivity index (χ3v) is 5.51. The van der Waals surface area contributed by atoms with Gasteiger partial charge in [0.2, 0.25) is 0 Å². The zero-order valence-corrected chi connectivity index (χ0v) is 17.2. The fourth-order valence-corrected chi connectivity index (χ4v) is 4.08. The molecule has 0 aromatic heterocycles. The van der Waals surface area contributed by atoms with Crippen molar-refractivity contribution in [3.05, 3.63) is 108 Å². The fraction of sp³-hybridized carbons (Fsp3) is 0.185. The molecule has 2 aliphatic rings. The molecule has 0 radical (unpaired) electrons. The van der Waals surface area contributed by atoms with Crippen LogP contribution >= 0.6 is 0 Å². The van der Waals surface area contributed by atoms with E-state index in [1.807, 2.05) is 0 Å². The molecule has 2 heterocycles. The van der Waals surface area contributed by atoms with Gasteiger partial charge in [0.05, 0.1) is 6.04 Å². The average Bonchev–Trinajstić information content (AvgIpc) is 2.78. The lowest BCUT2D eigenvalue weighted by atomic mass is 10.0. The third-order valence-electron chi connectivity index (χ3n) is 5.51. The molecule has 0 saturated carbocycles. The van der Waals surface area contributed by atoms with E-state index in [2.05, 4.69) is 127 Å². The van der Waals surface area contributed by atoms with E-state index in [-0.39, 0.29) is 0 Å². The lowest BCUT2D eigenvalue weighted by Gasteiger charge is -2.33. The molecule has 1 unspecified atom stereocenters. The van der Waals surface area contributed by atoms with Gasteiger partial charge in [-0.3, -0.25) is 0 Å². The van der Waals surface area contributed by atoms with Crippen molar-refractivity contribution >= 4 is 23.5 Å². The van der Waals surface area contributed by atoms with Gasteiger partial charge in [0.25, 0.3) is 0 Å². The topological polar surface area (TPSA) is 6.48 Å². The van der Waals surface area contributed by atoms with Crippen molar-refractivity contribution in [1.29, 1.82) is 0 Å². The third kappa shape index (κ3) is 3.97. The summed E-state index contributed by atoms with van der Waals surface area (Å²) in [4.78, 5) is 4.78. The van der Waals surface area contributed by atoms with Gasteiger partial charge in [0.15, 0.2) is 0 Å². The number of hydrogen-bond donors (Lipinski definition) is 0. The lowest BCUT2D eigenvalue weighted by molar-refractivity contribution is 0.804. The number of anilines is 2. The van der Waals surface area contributed by atoms with E-state index in [1.165, 1.54) is 28.2 Å². The Bertz CT molecular complexity index is 1010. The first-order valence-corrected chi connectivity index (χ1v) is 10.5. The quantitative estimate of drug-likeness (QED) is 0.549. The monoisotopic (exact) mass is 380 g/mol. The number of allylic oxidation sites excluding steroid dienone is 5. The van der Waals surface area contributed by atoms with Gasteiger partial charge in [-0.15, -0.1) is 0 Å². The Kier molecular flexibility index (Phi) is 5.81. The van der Waals surface area contributed by atoms with Gasteiger partial charge in [0.1, 0.15) is 0 Å². The molecular weight excluding hydrogens is 352 g/mol. The summed E-state index contributed by atoms with van der Waals surface area (Å²) in [5.41, 5.74) is 6.38. The highest BCUT2D eigenvalue weighted by Crippen LogP contribution is 2.31. The Hall–Kier alpha value is -3.26. The predicted molar refractivity (Wildman–Crippen MR) is 127 cm³/mol. The molecule has 2 nitrogen and oxygen atoms in total. The minimum Gasteiger partial charge on any atom is -0.361 e. The van der Waals surface area contributed by atoms with Gasteiger partial charge in [-0.25, -0.2) is 0 Å². The van der Waals surface area contributed by atoms with Crippen LogP contribution in [0.2, 0.25) is 0 Å². The van der Waals surface area contributed by atoms with Crippen LogP contribution in [0.5, 0.6) is 0 Å². The Morgan fingerprint density at radius 2 is 1.48 bits per heavy atom. The second-order valence-corrected chi connectivity index (χ2v) is 7.19.